The van der Waals surface area contributed by atoms with Crippen molar-refractivity contribution in [1.29, 1.82) is 0 Å². The maximum absolute atomic E-state index is 10.4. The van der Waals surface area contributed by atoms with Gasteiger partial charge in [-0.3, -0.25) is 4.98 Å². The molecule has 0 bridgehead atoms. The summed E-state index contributed by atoms with van der Waals surface area (Å²) in [5, 5.41) is 10.4. The van der Waals surface area contributed by atoms with Crippen molar-refractivity contribution in [2.75, 3.05) is 13.2 Å². The Morgan fingerprint density at radius 2 is 1.84 bits per heavy atom. The van der Waals surface area contributed by atoms with Gasteiger partial charge in [-0.15, -0.1) is 0 Å². The smallest absolute Gasteiger partial charge is 0.161 e. The summed E-state index contributed by atoms with van der Waals surface area (Å²) < 4.78 is 11.8. The number of halogens is 1. The molecule has 5 heteroatoms. The molecule has 2 aromatic rings. The van der Waals surface area contributed by atoms with Gasteiger partial charge in [0.05, 0.1) is 0 Å². The number of nitrogens with zero attached hydrogens (tertiary/aromatic N) is 1. The van der Waals surface area contributed by atoms with Crippen LogP contribution in [-0.2, 0) is 0 Å². The summed E-state index contributed by atoms with van der Waals surface area (Å²) in [4.78, 5) is 4.06. The van der Waals surface area contributed by atoms with Crippen molar-refractivity contribution in [1.82, 2.24) is 4.98 Å². The second-order valence-electron chi connectivity index (χ2n) is 4.24. The highest BCUT2D eigenvalue weighted by Crippen LogP contribution is 2.34. The van der Waals surface area contributed by atoms with Crippen molar-refractivity contribution in [3.05, 3.63) is 52.3 Å². The summed E-state index contributed by atoms with van der Waals surface area (Å²) in [5.74, 6) is 1.39. The standard InChI is InChI=1S/C14H12BrNO3/c15-11-5-10(7-16-8-11)14(17)9-1-2-12-13(6-9)19-4-3-18-12/h1-2,5-8,14,17H,3-4H2. The Kier molecular flexibility index (Phi) is 3.40. The summed E-state index contributed by atoms with van der Waals surface area (Å²) in [6.45, 7) is 1.09. The van der Waals surface area contributed by atoms with E-state index in [1.807, 2.05) is 18.2 Å². The Bertz CT molecular complexity index is 603. The number of aliphatic hydroxyl groups is 1. The van der Waals surface area contributed by atoms with Gasteiger partial charge in [0.2, 0.25) is 0 Å². The molecule has 2 heterocycles. The van der Waals surface area contributed by atoms with Gasteiger partial charge < -0.3 is 14.6 Å². The van der Waals surface area contributed by atoms with Gasteiger partial charge in [-0.25, -0.2) is 0 Å². The molecule has 1 aliphatic rings. The molecule has 98 valence electrons. The van der Waals surface area contributed by atoms with E-state index in [1.165, 1.54) is 0 Å². The minimum absolute atomic E-state index is 0.533. The van der Waals surface area contributed by atoms with Gasteiger partial charge in [-0.05, 0) is 39.7 Å². The fraction of sp³-hybridized carbons (Fsp3) is 0.214. The Balaban J connectivity index is 1.93. The fourth-order valence-electron chi connectivity index (χ4n) is 2.00. The number of benzene rings is 1. The molecule has 1 unspecified atom stereocenters. The van der Waals surface area contributed by atoms with Crippen molar-refractivity contribution in [3.63, 3.8) is 0 Å². The molecule has 0 saturated heterocycles. The van der Waals surface area contributed by atoms with Crippen molar-refractivity contribution >= 4 is 15.9 Å². The zero-order valence-corrected chi connectivity index (χ0v) is 11.6. The van der Waals surface area contributed by atoms with Crippen LogP contribution in [0, 0.1) is 0 Å². The number of hydrogen-bond donors (Lipinski definition) is 1. The third-order valence-corrected chi connectivity index (χ3v) is 3.36. The van der Waals surface area contributed by atoms with Crippen LogP contribution in [0.25, 0.3) is 0 Å². The lowest BCUT2D eigenvalue weighted by atomic mass is 10.0. The van der Waals surface area contributed by atoms with E-state index in [-0.39, 0.29) is 0 Å². The van der Waals surface area contributed by atoms with E-state index in [1.54, 1.807) is 18.5 Å². The average molecular weight is 322 g/mol. The van der Waals surface area contributed by atoms with E-state index in [0.29, 0.717) is 19.0 Å². The molecule has 0 saturated carbocycles. The number of fused-ring (bicyclic) bond motifs is 1. The normalized spacial score (nSPS) is 15.1. The molecule has 1 aromatic heterocycles. The first-order valence-electron chi connectivity index (χ1n) is 5.92. The van der Waals surface area contributed by atoms with Crippen LogP contribution in [-0.4, -0.2) is 23.3 Å². The third kappa shape index (κ3) is 2.57. The Hall–Kier alpha value is -1.59. The van der Waals surface area contributed by atoms with Crippen LogP contribution in [0.15, 0.2) is 41.1 Å². The zero-order valence-electron chi connectivity index (χ0n) is 10.0. The van der Waals surface area contributed by atoms with Crippen LogP contribution in [0.1, 0.15) is 17.2 Å². The lowest BCUT2D eigenvalue weighted by Crippen LogP contribution is -2.15. The number of pyridine rings is 1. The molecule has 3 rings (SSSR count). The molecular formula is C14H12BrNO3. The minimum atomic E-state index is -0.735. The molecule has 1 aromatic carbocycles. The van der Waals surface area contributed by atoms with E-state index in [2.05, 4.69) is 20.9 Å². The van der Waals surface area contributed by atoms with E-state index >= 15 is 0 Å². The molecule has 0 aliphatic carbocycles. The van der Waals surface area contributed by atoms with Gasteiger partial charge in [-0.2, -0.15) is 0 Å². The molecule has 0 spiro atoms. The highest BCUT2D eigenvalue weighted by Gasteiger charge is 2.16. The summed E-state index contributed by atoms with van der Waals surface area (Å²) in [6, 6.07) is 7.30. The topological polar surface area (TPSA) is 51.6 Å². The van der Waals surface area contributed by atoms with Crippen LogP contribution in [0.3, 0.4) is 0 Å². The number of hydrogen-bond acceptors (Lipinski definition) is 4. The van der Waals surface area contributed by atoms with Crippen LogP contribution in [0.5, 0.6) is 11.5 Å². The fourth-order valence-corrected chi connectivity index (χ4v) is 2.38. The Morgan fingerprint density at radius 1 is 1.05 bits per heavy atom. The van der Waals surface area contributed by atoms with Crippen molar-refractivity contribution in [3.8, 4) is 11.5 Å². The van der Waals surface area contributed by atoms with Gasteiger partial charge in [0.1, 0.15) is 19.3 Å². The quantitative estimate of drug-likeness (QED) is 0.924. The maximum atomic E-state index is 10.4. The monoisotopic (exact) mass is 321 g/mol. The molecule has 1 N–H and O–H groups in total. The van der Waals surface area contributed by atoms with Gasteiger partial charge in [0.25, 0.3) is 0 Å². The lowest BCUT2D eigenvalue weighted by molar-refractivity contribution is 0.169. The minimum Gasteiger partial charge on any atom is -0.486 e. The molecule has 0 radical (unpaired) electrons. The van der Waals surface area contributed by atoms with Crippen molar-refractivity contribution in [2.24, 2.45) is 0 Å². The van der Waals surface area contributed by atoms with Crippen molar-refractivity contribution in [2.45, 2.75) is 6.10 Å². The summed E-state index contributed by atoms with van der Waals surface area (Å²) >= 11 is 3.34. The van der Waals surface area contributed by atoms with E-state index in [0.717, 1.165) is 21.3 Å². The number of rotatable bonds is 2. The van der Waals surface area contributed by atoms with Crippen LogP contribution >= 0.6 is 15.9 Å². The van der Waals surface area contributed by atoms with Crippen LogP contribution in [0.4, 0.5) is 0 Å². The third-order valence-electron chi connectivity index (χ3n) is 2.92. The van der Waals surface area contributed by atoms with Crippen molar-refractivity contribution < 1.29 is 14.6 Å². The SMILES string of the molecule is OC(c1cncc(Br)c1)c1ccc2c(c1)OCCO2. The lowest BCUT2D eigenvalue weighted by Gasteiger charge is -2.20. The second kappa shape index (κ2) is 5.19. The first-order valence-corrected chi connectivity index (χ1v) is 6.71. The predicted octanol–water partition coefficient (Wildman–Crippen LogP) is 2.70. The Labute approximate surface area is 119 Å². The highest BCUT2D eigenvalue weighted by molar-refractivity contribution is 9.10. The average Bonchev–Trinajstić information content (AvgIpc) is 2.46. The molecule has 4 nitrogen and oxygen atoms in total. The predicted molar refractivity (Wildman–Crippen MR) is 73.4 cm³/mol. The van der Waals surface area contributed by atoms with Gasteiger partial charge in [0.15, 0.2) is 11.5 Å². The summed E-state index contributed by atoms with van der Waals surface area (Å²) in [7, 11) is 0. The van der Waals surface area contributed by atoms with Crippen LogP contribution < -0.4 is 9.47 Å². The first-order chi connectivity index (χ1) is 9.24. The zero-order chi connectivity index (χ0) is 13.2. The second-order valence-corrected chi connectivity index (χ2v) is 5.16. The van der Waals surface area contributed by atoms with Gasteiger partial charge in [0, 0.05) is 22.4 Å². The Morgan fingerprint density at radius 3 is 2.63 bits per heavy atom. The first kappa shape index (κ1) is 12.4. The maximum Gasteiger partial charge on any atom is 0.161 e. The summed E-state index contributed by atoms with van der Waals surface area (Å²) in [5.41, 5.74) is 1.48. The molecular weight excluding hydrogens is 310 g/mol. The number of ether oxygens (including phenoxy) is 2. The van der Waals surface area contributed by atoms with E-state index < -0.39 is 6.10 Å². The highest BCUT2D eigenvalue weighted by atomic mass is 79.9. The largest absolute Gasteiger partial charge is 0.486 e. The molecule has 1 aliphatic heterocycles. The number of aromatic nitrogens is 1. The van der Waals surface area contributed by atoms with Gasteiger partial charge in [-0.1, -0.05) is 6.07 Å². The summed E-state index contributed by atoms with van der Waals surface area (Å²) in [6.07, 6.45) is 2.59. The van der Waals surface area contributed by atoms with Crippen LogP contribution in [0.2, 0.25) is 0 Å². The molecule has 0 amide bonds. The molecule has 1 atom stereocenters. The molecule has 0 fully saturated rings. The van der Waals surface area contributed by atoms with E-state index in [9.17, 15) is 5.11 Å². The van der Waals surface area contributed by atoms with E-state index in [4.69, 9.17) is 9.47 Å². The number of aliphatic hydroxyl groups excluding tert-OH is 1. The van der Waals surface area contributed by atoms with Gasteiger partial charge >= 0.3 is 0 Å². The molecule has 19 heavy (non-hydrogen) atoms.